The van der Waals surface area contributed by atoms with Gasteiger partial charge in [-0.3, -0.25) is 0 Å². The molecule has 0 aliphatic carbocycles. The first-order chi connectivity index (χ1) is 1.41. The van der Waals surface area contributed by atoms with Crippen LogP contribution in [0, 0.1) is 0 Å². The molecule has 18 valence electrons. The predicted molar refractivity (Wildman–Crippen MR) is 8.32 cm³/mol. The van der Waals surface area contributed by atoms with Gasteiger partial charge in [-0.2, -0.15) is 0 Å². The molecule has 0 aromatic heterocycles. The van der Waals surface area contributed by atoms with Crippen molar-refractivity contribution >= 4 is 6.47 Å². The van der Waals surface area contributed by atoms with E-state index in [9.17, 15) is 0 Å². The van der Waals surface area contributed by atoms with Gasteiger partial charge in [0.25, 0.3) is 0 Å². The third kappa shape index (κ3) is 19.4. The first-order valence-electron chi connectivity index (χ1n) is 0.428. The second-order valence-corrected chi connectivity index (χ2v) is 0.0913. The van der Waals surface area contributed by atoms with Crippen LogP contribution in [0.5, 0.6) is 0 Å². The molecule has 0 bridgehead atoms. The van der Waals surface area contributed by atoms with E-state index in [1.54, 1.807) is 0 Å². The van der Waals surface area contributed by atoms with Gasteiger partial charge in [0.1, 0.15) is 0 Å². The average molecular weight is 134 g/mol. The Morgan fingerprint density at radius 2 is 1.75 bits per heavy atom. The molecule has 0 radical (unpaired) electrons. The monoisotopic (exact) mass is 134 g/mol. The Morgan fingerprint density at radius 3 is 1.75 bits per heavy atom. The van der Waals surface area contributed by atoms with E-state index in [-0.39, 0.29) is 32.7 Å². The molecule has 0 aliphatic heterocycles. The maximum absolute atomic E-state index is 8.24. The van der Waals surface area contributed by atoms with Crippen molar-refractivity contribution in [2.75, 3.05) is 0 Å². The van der Waals surface area contributed by atoms with Crippen LogP contribution >= 0.6 is 0 Å². The van der Waals surface area contributed by atoms with E-state index >= 15 is 0 Å². The minimum Gasteiger partial charge on any atom is -0.665 e. The van der Waals surface area contributed by atoms with Gasteiger partial charge in [0.05, 0.1) is 0 Å². The molecule has 0 atom stereocenters. The van der Waals surface area contributed by atoms with Crippen LogP contribution in [0.1, 0.15) is 0 Å². The summed E-state index contributed by atoms with van der Waals surface area (Å²) in [6.07, 6.45) is 0. The van der Waals surface area contributed by atoms with Crippen LogP contribution in [0.25, 0.3) is 0 Å². The van der Waals surface area contributed by atoms with Gasteiger partial charge in [0.2, 0.25) is 0 Å². The second-order valence-electron chi connectivity index (χ2n) is 0.0913. The van der Waals surface area contributed by atoms with E-state index in [4.69, 9.17) is 9.90 Å². The Hall–Kier alpha value is 0.574. The summed E-state index contributed by atoms with van der Waals surface area (Å²) in [5.41, 5.74) is 0. The third-order valence-corrected chi connectivity index (χ3v) is 0. The molecule has 3 heteroatoms. The molecular formula is CHO2Y+2. The largest absolute Gasteiger partial charge is 3.00 e. The zero-order chi connectivity index (χ0) is 2.71. The average Bonchev–Trinajstić information content (AvgIpc) is 0.918. The SMILES string of the molecule is O=[C-]O.[Y+3]. The Labute approximate surface area is 49.1 Å². The fourth-order valence-corrected chi connectivity index (χ4v) is 0. The van der Waals surface area contributed by atoms with Crippen molar-refractivity contribution in [1.29, 1.82) is 0 Å². The van der Waals surface area contributed by atoms with Crippen molar-refractivity contribution in [1.82, 2.24) is 0 Å². The van der Waals surface area contributed by atoms with Crippen LogP contribution < -0.4 is 0 Å². The fourth-order valence-electron chi connectivity index (χ4n) is 0. The molecule has 0 heterocycles. The Morgan fingerprint density at radius 1 is 1.75 bits per heavy atom. The maximum atomic E-state index is 8.24. The van der Waals surface area contributed by atoms with Gasteiger partial charge >= 0.3 is 32.7 Å². The Kier molecular flexibility index (Phi) is 21.1. The number of hydrogen-bond acceptors (Lipinski definition) is 1. The molecule has 0 aromatic carbocycles. The van der Waals surface area contributed by atoms with Crippen molar-refractivity contribution in [3.05, 3.63) is 0 Å². The molecule has 2 nitrogen and oxygen atoms in total. The summed E-state index contributed by atoms with van der Waals surface area (Å²) in [7, 11) is 0. The van der Waals surface area contributed by atoms with Gasteiger partial charge in [-0.25, -0.2) is 0 Å². The summed E-state index contributed by atoms with van der Waals surface area (Å²) in [5.74, 6) is 0. The third-order valence-electron chi connectivity index (χ3n) is 0. The van der Waals surface area contributed by atoms with Crippen LogP contribution in [0.15, 0.2) is 0 Å². The quantitative estimate of drug-likeness (QED) is 0.458. The fraction of sp³-hybridized carbons (Fsp3) is 0. The first kappa shape index (κ1) is 8.82. The van der Waals surface area contributed by atoms with Gasteiger partial charge < -0.3 is 9.90 Å². The van der Waals surface area contributed by atoms with Crippen molar-refractivity contribution in [2.45, 2.75) is 0 Å². The predicted octanol–water partition coefficient (Wildman–Crippen LogP) is -0.391. The van der Waals surface area contributed by atoms with Gasteiger partial charge in [-0.15, -0.1) is 0 Å². The summed E-state index contributed by atoms with van der Waals surface area (Å²) in [6.45, 7) is 0.500. The standard InChI is InChI=1S/CHO2.Y/c2-1-3;/h(H,2,3);/q-1;+3. The molecule has 0 amide bonds. The van der Waals surface area contributed by atoms with Gasteiger partial charge in [-0.05, 0) is 0 Å². The summed E-state index contributed by atoms with van der Waals surface area (Å²) in [4.78, 5) is 8.24. The molecule has 0 spiro atoms. The van der Waals surface area contributed by atoms with Gasteiger partial charge in [0.15, 0.2) is 0 Å². The smallest absolute Gasteiger partial charge is 0.665 e. The molecular weight excluding hydrogens is 133 g/mol. The van der Waals surface area contributed by atoms with Crippen LogP contribution in [-0.4, -0.2) is 11.6 Å². The summed E-state index contributed by atoms with van der Waals surface area (Å²) < 4.78 is 0. The zero-order valence-electron chi connectivity index (χ0n) is 1.93. The summed E-state index contributed by atoms with van der Waals surface area (Å²) in [5, 5.41) is 6.76. The molecule has 0 aliphatic rings. The number of hydrogen-bond donors (Lipinski definition) is 1. The second kappa shape index (κ2) is 9.56. The maximum Gasteiger partial charge on any atom is 3.00 e. The first-order valence-corrected chi connectivity index (χ1v) is 0.428. The minimum absolute atomic E-state index is 0. The molecule has 0 rings (SSSR count). The Balaban J connectivity index is 0. The van der Waals surface area contributed by atoms with Crippen molar-refractivity contribution in [3.8, 4) is 0 Å². The van der Waals surface area contributed by atoms with E-state index < -0.39 is 0 Å². The van der Waals surface area contributed by atoms with Crippen molar-refractivity contribution in [3.63, 3.8) is 0 Å². The molecule has 4 heavy (non-hydrogen) atoms. The molecule has 0 saturated carbocycles. The van der Waals surface area contributed by atoms with Crippen molar-refractivity contribution in [2.24, 2.45) is 0 Å². The minimum atomic E-state index is 0. The molecule has 0 saturated heterocycles. The Bertz CT molecular complexity index is 13.5. The molecule has 0 aromatic rings. The zero-order valence-corrected chi connectivity index (χ0v) is 4.77. The van der Waals surface area contributed by atoms with Crippen LogP contribution in [-0.2, 0) is 37.5 Å². The van der Waals surface area contributed by atoms with Crippen LogP contribution in [0.3, 0.4) is 0 Å². The topological polar surface area (TPSA) is 37.3 Å². The van der Waals surface area contributed by atoms with Gasteiger partial charge in [-0.1, -0.05) is 6.47 Å². The van der Waals surface area contributed by atoms with E-state index in [0.717, 1.165) is 0 Å². The van der Waals surface area contributed by atoms with E-state index in [1.807, 2.05) is 0 Å². The normalized spacial score (nSPS) is 3.00. The molecule has 0 unspecified atom stereocenters. The van der Waals surface area contributed by atoms with Gasteiger partial charge in [0, 0.05) is 0 Å². The van der Waals surface area contributed by atoms with E-state index in [0.29, 0.717) is 6.47 Å². The van der Waals surface area contributed by atoms with Crippen LogP contribution in [0.4, 0.5) is 0 Å². The van der Waals surface area contributed by atoms with E-state index in [2.05, 4.69) is 0 Å². The molecule has 1 N–H and O–H groups in total. The van der Waals surface area contributed by atoms with E-state index in [1.165, 1.54) is 0 Å². The summed E-state index contributed by atoms with van der Waals surface area (Å²) in [6, 6.07) is 0. The van der Waals surface area contributed by atoms with Crippen LogP contribution in [0.2, 0.25) is 0 Å². The molecule has 0 fully saturated rings. The number of rotatable bonds is 0. The number of aliphatic hydroxyl groups excluding tert-OH is 1. The van der Waals surface area contributed by atoms with Crippen molar-refractivity contribution < 1.29 is 42.6 Å². The summed E-state index contributed by atoms with van der Waals surface area (Å²) >= 11 is 0.